The quantitative estimate of drug-likeness (QED) is 0.591. The molecule has 3 N–H and O–H groups in total. The molecule has 2 aromatic heterocycles. The van der Waals surface area contributed by atoms with E-state index in [1.807, 2.05) is 33.9 Å². The number of ether oxygens (including phenoxy) is 1. The second kappa shape index (κ2) is 8.39. The molecule has 1 saturated heterocycles. The average Bonchev–Trinajstić information content (AvgIpc) is 3.25. The Morgan fingerprint density at radius 3 is 2.90 bits per heavy atom. The van der Waals surface area contributed by atoms with Gasteiger partial charge in [0, 0.05) is 44.7 Å². The minimum absolute atomic E-state index is 0.0634. The predicted octanol–water partition coefficient (Wildman–Crippen LogP) is 4.13. The van der Waals surface area contributed by atoms with E-state index in [0.717, 1.165) is 39.8 Å². The number of pyridine rings is 1. The Morgan fingerprint density at radius 2 is 2.28 bits per heavy atom. The van der Waals surface area contributed by atoms with Gasteiger partial charge in [0.2, 0.25) is 0 Å². The zero-order valence-corrected chi connectivity index (χ0v) is 19.2. The standard InChI is InChI=1S/C20H30BrN5O3/c1-12(29-5)8-22-15-10-24-18-16(15)17(14(21)9-23-18)25-7-6-13(11-25)26(19(27)28)20(2,3)4/h9-10,12-13,22H,6-8,11H2,1-5H3,(H,23,24)(H,27,28)/t12-,13+/m0/s1. The molecule has 0 saturated carbocycles. The number of hydrogen-bond acceptors (Lipinski definition) is 5. The molecule has 0 bridgehead atoms. The summed E-state index contributed by atoms with van der Waals surface area (Å²) < 4.78 is 6.23. The fraction of sp³-hybridized carbons (Fsp3) is 0.600. The SMILES string of the molecule is CO[C@@H](C)CNc1c[nH]c2ncc(Br)c(N3CC[C@@H](N(C(=O)O)C(C)(C)C)C3)c12. The van der Waals surface area contributed by atoms with Crippen LogP contribution in [0.4, 0.5) is 16.2 Å². The van der Waals surface area contributed by atoms with Crippen molar-refractivity contribution in [2.45, 2.75) is 51.8 Å². The summed E-state index contributed by atoms with van der Waals surface area (Å²) >= 11 is 3.66. The number of nitrogens with zero attached hydrogens (tertiary/aromatic N) is 3. The van der Waals surface area contributed by atoms with Gasteiger partial charge in [-0.05, 0) is 50.0 Å². The van der Waals surface area contributed by atoms with Crippen LogP contribution in [0.1, 0.15) is 34.1 Å². The van der Waals surface area contributed by atoms with Crippen molar-refractivity contribution in [1.29, 1.82) is 0 Å². The molecule has 29 heavy (non-hydrogen) atoms. The van der Waals surface area contributed by atoms with Crippen LogP contribution in [0.3, 0.4) is 0 Å². The summed E-state index contributed by atoms with van der Waals surface area (Å²) in [5.74, 6) is 0. The molecule has 160 valence electrons. The van der Waals surface area contributed by atoms with Crippen LogP contribution >= 0.6 is 15.9 Å². The second-order valence-electron chi connectivity index (χ2n) is 8.52. The van der Waals surface area contributed by atoms with Gasteiger partial charge in [-0.15, -0.1) is 0 Å². The molecule has 0 aliphatic carbocycles. The molecule has 0 aromatic carbocycles. The largest absolute Gasteiger partial charge is 0.465 e. The molecule has 0 spiro atoms. The van der Waals surface area contributed by atoms with Crippen molar-refractivity contribution in [2.24, 2.45) is 0 Å². The van der Waals surface area contributed by atoms with E-state index >= 15 is 0 Å². The van der Waals surface area contributed by atoms with Gasteiger partial charge < -0.3 is 25.0 Å². The summed E-state index contributed by atoms with van der Waals surface area (Å²) in [5, 5.41) is 14.2. The van der Waals surface area contributed by atoms with Crippen LogP contribution in [0.2, 0.25) is 0 Å². The number of carboxylic acid groups (broad SMARTS) is 1. The maximum absolute atomic E-state index is 11.9. The van der Waals surface area contributed by atoms with Crippen molar-refractivity contribution in [3.63, 3.8) is 0 Å². The number of fused-ring (bicyclic) bond motifs is 1. The lowest BCUT2D eigenvalue weighted by atomic mass is 10.0. The lowest BCUT2D eigenvalue weighted by Gasteiger charge is -2.38. The molecule has 2 aromatic rings. The lowest BCUT2D eigenvalue weighted by molar-refractivity contribution is 0.0763. The Balaban J connectivity index is 1.92. The van der Waals surface area contributed by atoms with Gasteiger partial charge in [-0.3, -0.25) is 4.90 Å². The first-order valence-electron chi connectivity index (χ1n) is 9.83. The Kier molecular flexibility index (Phi) is 6.28. The van der Waals surface area contributed by atoms with Crippen LogP contribution in [0, 0.1) is 0 Å². The topological polar surface area (TPSA) is 93.7 Å². The molecule has 1 aliphatic rings. The Labute approximate surface area is 179 Å². The summed E-state index contributed by atoms with van der Waals surface area (Å²) in [6.07, 6.45) is 3.70. The third-order valence-corrected chi connectivity index (χ3v) is 5.97. The molecule has 1 aliphatic heterocycles. The van der Waals surface area contributed by atoms with E-state index in [1.54, 1.807) is 18.2 Å². The first-order valence-corrected chi connectivity index (χ1v) is 10.6. The van der Waals surface area contributed by atoms with Crippen molar-refractivity contribution in [3.05, 3.63) is 16.9 Å². The number of nitrogens with one attached hydrogen (secondary N) is 2. The average molecular weight is 468 g/mol. The minimum Gasteiger partial charge on any atom is -0.465 e. The lowest BCUT2D eigenvalue weighted by Crippen LogP contribution is -2.52. The Bertz CT molecular complexity index is 879. The molecule has 9 heteroatoms. The maximum Gasteiger partial charge on any atom is 0.408 e. The van der Waals surface area contributed by atoms with Crippen molar-refractivity contribution in [3.8, 4) is 0 Å². The highest BCUT2D eigenvalue weighted by Crippen LogP contribution is 2.40. The smallest absolute Gasteiger partial charge is 0.408 e. The number of anilines is 2. The molecule has 3 rings (SSSR count). The van der Waals surface area contributed by atoms with Gasteiger partial charge in [-0.1, -0.05) is 0 Å². The third kappa shape index (κ3) is 4.45. The number of H-pyrrole nitrogens is 1. The van der Waals surface area contributed by atoms with Gasteiger partial charge in [0.05, 0.1) is 33.4 Å². The van der Waals surface area contributed by atoms with E-state index in [1.165, 1.54) is 0 Å². The zero-order chi connectivity index (χ0) is 21.3. The highest BCUT2D eigenvalue weighted by molar-refractivity contribution is 9.10. The van der Waals surface area contributed by atoms with E-state index in [4.69, 9.17) is 4.74 Å². The molecular weight excluding hydrogens is 438 g/mol. The van der Waals surface area contributed by atoms with E-state index in [0.29, 0.717) is 13.1 Å². The van der Waals surface area contributed by atoms with Crippen LogP contribution < -0.4 is 10.2 Å². The second-order valence-corrected chi connectivity index (χ2v) is 9.37. The van der Waals surface area contributed by atoms with Crippen molar-refractivity contribution < 1.29 is 14.6 Å². The number of aromatic nitrogens is 2. The molecule has 1 fully saturated rings. The first-order chi connectivity index (χ1) is 13.6. The van der Waals surface area contributed by atoms with E-state index in [2.05, 4.69) is 36.1 Å². The number of halogens is 1. The van der Waals surface area contributed by atoms with Crippen molar-refractivity contribution in [1.82, 2.24) is 14.9 Å². The fourth-order valence-electron chi connectivity index (χ4n) is 3.99. The van der Waals surface area contributed by atoms with Gasteiger partial charge in [-0.25, -0.2) is 9.78 Å². The monoisotopic (exact) mass is 467 g/mol. The number of hydrogen-bond donors (Lipinski definition) is 3. The molecular formula is C20H30BrN5O3. The van der Waals surface area contributed by atoms with Gasteiger partial charge in [0.1, 0.15) is 5.65 Å². The number of aromatic amines is 1. The molecule has 0 unspecified atom stereocenters. The van der Waals surface area contributed by atoms with Crippen molar-refractivity contribution in [2.75, 3.05) is 37.0 Å². The van der Waals surface area contributed by atoms with E-state index in [9.17, 15) is 9.90 Å². The summed E-state index contributed by atoms with van der Waals surface area (Å²) in [6.45, 7) is 9.92. The van der Waals surface area contributed by atoms with Gasteiger partial charge in [0.15, 0.2) is 0 Å². The zero-order valence-electron chi connectivity index (χ0n) is 17.6. The molecule has 1 amide bonds. The van der Waals surface area contributed by atoms with Gasteiger partial charge in [-0.2, -0.15) is 0 Å². The normalized spacial score (nSPS) is 18.3. The minimum atomic E-state index is -0.874. The Hall–Kier alpha value is -2.00. The fourth-order valence-corrected chi connectivity index (χ4v) is 4.54. The molecule has 3 heterocycles. The summed E-state index contributed by atoms with van der Waals surface area (Å²) in [7, 11) is 1.69. The molecule has 2 atom stereocenters. The number of carbonyl (C=O) groups is 1. The van der Waals surface area contributed by atoms with Crippen LogP contribution in [0.5, 0.6) is 0 Å². The number of amides is 1. The van der Waals surface area contributed by atoms with E-state index < -0.39 is 11.6 Å². The van der Waals surface area contributed by atoms with Crippen LogP contribution in [-0.2, 0) is 4.74 Å². The Morgan fingerprint density at radius 1 is 1.55 bits per heavy atom. The summed E-state index contributed by atoms with van der Waals surface area (Å²) in [4.78, 5) is 23.5. The van der Waals surface area contributed by atoms with Gasteiger partial charge in [0.25, 0.3) is 0 Å². The maximum atomic E-state index is 11.9. The predicted molar refractivity (Wildman–Crippen MR) is 119 cm³/mol. The van der Waals surface area contributed by atoms with Crippen LogP contribution in [0.25, 0.3) is 11.0 Å². The van der Waals surface area contributed by atoms with E-state index in [-0.39, 0.29) is 12.1 Å². The first kappa shape index (κ1) is 21.7. The van der Waals surface area contributed by atoms with Crippen LogP contribution in [0.15, 0.2) is 16.9 Å². The summed E-state index contributed by atoms with van der Waals surface area (Å²) in [5.41, 5.74) is 2.34. The molecule has 8 nitrogen and oxygen atoms in total. The highest BCUT2D eigenvalue weighted by Gasteiger charge is 2.38. The number of rotatable bonds is 6. The van der Waals surface area contributed by atoms with Crippen LogP contribution in [-0.4, -0.2) is 70.5 Å². The van der Waals surface area contributed by atoms with Gasteiger partial charge >= 0.3 is 6.09 Å². The van der Waals surface area contributed by atoms with Crippen molar-refractivity contribution >= 4 is 44.4 Å². The molecule has 0 radical (unpaired) electrons. The number of methoxy groups -OCH3 is 1. The summed E-state index contributed by atoms with van der Waals surface area (Å²) in [6, 6.07) is -0.0634. The highest BCUT2D eigenvalue weighted by atomic mass is 79.9. The third-order valence-electron chi connectivity index (χ3n) is 5.39.